The summed E-state index contributed by atoms with van der Waals surface area (Å²) in [7, 11) is 0. The van der Waals surface area contributed by atoms with Gasteiger partial charge in [-0.1, -0.05) is 11.6 Å². The molecule has 1 amide bonds. The fourth-order valence-corrected chi connectivity index (χ4v) is 1.54. The lowest BCUT2D eigenvalue weighted by Crippen LogP contribution is -2.15. The highest BCUT2D eigenvalue weighted by Crippen LogP contribution is 2.26. The molecule has 3 nitrogen and oxygen atoms in total. The van der Waals surface area contributed by atoms with E-state index in [-0.39, 0.29) is 19.0 Å². The Labute approximate surface area is 101 Å². The maximum atomic E-state index is 10.9. The van der Waals surface area contributed by atoms with E-state index in [9.17, 15) is 4.79 Å². The SMILES string of the molecule is Cl.NCc1cc(Br)c(Cl)cc1C(N)=O. The van der Waals surface area contributed by atoms with E-state index in [0.29, 0.717) is 20.6 Å². The monoisotopic (exact) mass is 298 g/mol. The Kier molecular flexibility index (Phi) is 5.44. The van der Waals surface area contributed by atoms with E-state index < -0.39 is 5.91 Å². The highest BCUT2D eigenvalue weighted by Gasteiger charge is 2.09. The predicted octanol–water partition coefficient (Wildman–Crippen LogP) is 2.08. The van der Waals surface area contributed by atoms with Crippen molar-refractivity contribution in [1.29, 1.82) is 0 Å². The van der Waals surface area contributed by atoms with Crippen LogP contribution in [0.2, 0.25) is 5.02 Å². The molecule has 0 atom stereocenters. The second kappa shape index (κ2) is 5.56. The first-order chi connectivity index (χ1) is 6.06. The minimum Gasteiger partial charge on any atom is -0.366 e. The minimum absolute atomic E-state index is 0. The quantitative estimate of drug-likeness (QED) is 0.878. The van der Waals surface area contributed by atoms with Gasteiger partial charge in [0.05, 0.1) is 5.02 Å². The maximum Gasteiger partial charge on any atom is 0.249 e. The van der Waals surface area contributed by atoms with Crippen LogP contribution >= 0.6 is 39.9 Å². The largest absolute Gasteiger partial charge is 0.366 e. The average Bonchev–Trinajstić information content (AvgIpc) is 2.08. The van der Waals surface area contributed by atoms with Crippen molar-refractivity contribution in [3.63, 3.8) is 0 Å². The van der Waals surface area contributed by atoms with Gasteiger partial charge in [0.15, 0.2) is 0 Å². The van der Waals surface area contributed by atoms with Gasteiger partial charge >= 0.3 is 0 Å². The third kappa shape index (κ3) is 2.85. The number of halogens is 3. The van der Waals surface area contributed by atoms with Crippen LogP contribution in [0.4, 0.5) is 0 Å². The van der Waals surface area contributed by atoms with Crippen LogP contribution in [0.3, 0.4) is 0 Å². The van der Waals surface area contributed by atoms with Crippen LogP contribution in [0.1, 0.15) is 15.9 Å². The molecule has 1 aromatic rings. The highest BCUT2D eigenvalue weighted by atomic mass is 79.9. The van der Waals surface area contributed by atoms with Crippen molar-refractivity contribution in [3.8, 4) is 0 Å². The highest BCUT2D eigenvalue weighted by molar-refractivity contribution is 9.10. The number of amides is 1. The molecule has 0 aromatic heterocycles. The smallest absolute Gasteiger partial charge is 0.249 e. The first kappa shape index (κ1) is 13.7. The predicted molar refractivity (Wildman–Crippen MR) is 62.8 cm³/mol. The Hall–Kier alpha value is -0.290. The molecule has 1 rings (SSSR count). The van der Waals surface area contributed by atoms with Gasteiger partial charge < -0.3 is 11.5 Å². The number of benzene rings is 1. The van der Waals surface area contributed by atoms with Crippen molar-refractivity contribution in [2.24, 2.45) is 11.5 Å². The zero-order valence-corrected chi connectivity index (χ0v) is 10.2. The van der Waals surface area contributed by atoms with Gasteiger partial charge in [0, 0.05) is 16.6 Å². The van der Waals surface area contributed by atoms with Crippen LogP contribution in [-0.2, 0) is 6.54 Å². The van der Waals surface area contributed by atoms with Crippen molar-refractivity contribution in [1.82, 2.24) is 0 Å². The molecule has 0 fully saturated rings. The van der Waals surface area contributed by atoms with E-state index in [1.165, 1.54) is 6.07 Å². The Morgan fingerprint density at radius 1 is 1.50 bits per heavy atom. The Morgan fingerprint density at radius 3 is 2.50 bits per heavy atom. The summed E-state index contributed by atoms with van der Waals surface area (Å²) in [5.41, 5.74) is 11.6. The number of rotatable bonds is 2. The van der Waals surface area contributed by atoms with Gasteiger partial charge in [-0.25, -0.2) is 0 Å². The summed E-state index contributed by atoms with van der Waals surface area (Å²) in [6.45, 7) is 0.258. The third-order valence-corrected chi connectivity index (χ3v) is 2.83. The summed E-state index contributed by atoms with van der Waals surface area (Å²) in [4.78, 5) is 10.9. The van der Waals surface area contributed by atoms with Crippen molar-refractivity contribution in [2.45, 2.75) is 6.54 Å². The number of carbonyl (C=O) groups excluding carboxylic acids is 1. The molecule has 1 aromatic carbocycles. The first-order valence-corrected chi connectivity index (χ1v) is 4.71. The minimum atomic E-state index is -0.519. The molecular formula is C8H9BrCl2N2O. The standard InChI is InChI=1S/C8H8BrClN2O.ClH/c9-6-1-4(3-11)5(8(12)13)2-7(6)10;/h1-2H,3,11H2,(H2,12,13);1H. The molecular weight excluding hydrogens is 291 g/mol. The normalized spacial score (nSPS) is 9.36. The van der Waals surface area contributed by atoms with Crippen LogP contribution in [0.25, 0.3) is 0 Å². The molecule has 0 unspecified atom stereocenters. The maximum absolute atomic E-state index is 10.9. The second-order valence-electron chi connectivity index (χ2n) is 2.49. The van der Waals surface area contributed by atoms with Crippen molar-refractivity contribution >= 4 is 45.8 Å². The van der Waals surface area contributed by atoms with Gasteiger partial charge in [-0.15, -0.1) is 12.4 Å². The molecule has 0 heterocycles. The molecule has 78 valence electrons. The molecule has 0 aliphatic rings. The van der Waals surface area contributed by atoms with Crippen molar-refractivity contribution in [2.75, 3.05) is 0 Å². The molecule has 14 heavy (non-hydrogen) atoms. The fourth-order valence-electron chi connectivity index (χ4n) is 0.986. The summed E-state index contributed by atoms with van der Waals surface area (Å²) in [5, 5.41) is 0.450. The van der Waals surface area contributed by atoms with Gasteiger partial charge in [0.2, 0.25) is 5.91 Å². The molecule has 0 aliphatic carbocycles. The van der Waals surface area contributed by atoms with E-state index in [2.05, 4.69) is 15.9 Å². The molecule has 4 N–H and O–H groups in total. The Balaban J connectivity index is 0.00000169. The number of carbonyl (C=O) groups is 1. The van der Waals surface area contributed by atoms with Crippen LogP contribution in [0.15, 0.2) is 16.6 Å². The molecule has 0 aliphatic heterocycles. The van der Waals surface area contributed by atoms with E-state index in [0.717, 1.165) is 0 Å². The lowest BCUT2D eigenvalue weighted by molar-refractivity contribution is 0.0999. The molecule has 6 heteroatoms. The Bertz CT molecular complexity index is 357. The number of nitrogens with two attached hydrogens (primary N) is 2. The van der Waals surface area contributed by atoms with Gasteiger partial charge in [0.25, 0.3) is 0 Å². The van der Waals surface area contributed by atoms with Crippen LogP contribution in [0.5, 0.6) is 0 Å². The first-order valence-electron chi connectivity index (χ1n) is 3.54. The third-order valence-electron chi connectivity index (χ3n) is 1.63. The van der Waals surface area contributed by atoms with Crippen LogP contribution < -0.4 is 11.5 Å². The summed E-state index contributed by atoms with van der Waals surface area (Å²) >= 11 is 9.02. The number of hydrogen-bond donors (Lipinski definition) is 2. The zero-order valence-electron chi connectivity index (χ0n) is 7.09. The lowest BCUT2D eigenvalue weighted by atomic mass is 10.1. The lowest BCUT2D eigenvalue weighted by Gasteiger charge is -2.06. The van der Waals surface area contributed by atoms with E-state index in [1.54, 1.807) is 6.07 Å². The number of primary amides is 1. The zero-order chi connectivity index (χ0) is 10.0. The summed E-state index contributed by atoms with van der Waals surface area (Å²) < 4.78 is 0.708. The fraction of sp³-hybridized carbons (Fsp3) is 0.125. The van der Waals surface area contributed by atoms with E-state index in [4.69, 9.17) is 23.1 Å². The van der Waals surface area contributed by atoms with Gasteiger partial charge in [-0.05, 0) is 33.6 Å². The van der Waals surface area contributed by atoms with Gasteiger partial charge in [-0.2, -0.15) is 0 Å². The van der Waals surface area contributed by atoms with E-state index in [1.807, 2.05) is 0 Å². The Morgan fingerprint density at radius 2 is 2.07 bits per heavy atom. The van der Waals surface area contributed by atoms with Gasteiger partial charge in [0.1, 0.15) is 0 Å². The van der Waals surface area contributed by atoms with Crippen molar-refractivity contribution in [3.05, 3.63) is 32.8 Å². The molecule has 0 saturated carbocycles. The molecule has 0 spiro atoms. The van der Waals surface area contributed by atoms with Crippen molar-refractivity contribution < 1.29 is 4.79 Å². The molecule has 0 radical (unpaired) electrons. The summed E-state index contributed by atoms with van der Waals surface area (Å²) in [6.07, 6.45) is 0. The molecule has 0 bridgehead atoms. The topological polar surface area (TPSA) is 69.1 Å². The van der Waals surface area contributed by atoms with Crippen LogP contribution in [0, 0.1) is 0 Å². The average molecular weight is 300 g/mol. The second-order valence-corrected chi connectivity index (χ2v) is 3.75. The number of hydrogen-bond acceptors (Lipinski definition) is 2. The molecule has 0 saturated heterocycles. The van der Waals surface area contributed by atoms with E-state index >= 15 is 0 Å². The van der Waals surface area contributed by atoms with Crippen LogP contribution in [-0.4, -0.2) is 5.91 Å². The summed E-state index contributed by atoms with van der Waals surface area (Å²) in [6, 6.07) is 3.21. The van der Waals surface area contributed by atoms with Gasteiger partial charge in [-0.3, -0.25) is 4.79 Å². The summed E-state index contributed by atoms with van der Waals surface area (Å²) in [5.74, 6) is -0.519.